The van der Waals surface area contributed by atoms with Gasteiger partial charge in [-0.05, 0) is 34.9 Å². The molecule has 1 aliphatic rings. The number of esters is 2. The van der Waals surface area contributed by atoms with E-state index in [0.717, 1.165) is 11.1 Å². The van der Waals surface area contributed by atoms with Crippen molar-refractivity contribution in [1.29, 1.82) is 0 Å². The maximum atomic E-state index is 12.9. The van der Waals surface area contributed by atoms with Crippen molar-refractivity contribution in [2.24, 2.45) is 0 Å². The Labute approximate surface area is 264 Å². The second-order valence-corrected chi connectivity index (χ2v) is 10.7. The van der Waals surface area contributed by atoms with Gasteiger partial charge in [0.2, 0.25) is 5.76 Å². The third-order valence-corrected chi connectivity index (χ3v) is 7.33. The SMILES string of the molecule is O=C(Cc1ccccc1Nc1c(Cl)cccc1Cl)OC[C@@H](O)[C@H]1OC(=O)C(OCc2ccccc2)=C1OCc1ccccc1. The smallest absolute Gasteiger partial charge is 0.378 e. The molecule has 0 unspecified atom stereocenters. The van der Waals surface area contributed by atoms with Gasteiger partial charge >= 0.3 is 11.9 Å². The number of aliphatic hydroxyl groups is 1. The number of halogens is 2. The molecule has 0 radical (unpaired) electrons. The molecular formula is C34H29Cl2NO7. The van der Waals surface area contributed by atoms with Gasteiger partial charge in [-0.3, -0.25) is 4.79 Å². The maximum absolute atomic E-state index is 12.9. The fourth-order valence-electron chi connectivity index (χ4n) is 4.47. The van der Waals surface area contributed by atoms with E-state index in [0.29, 0.717) is 27.0 Å². The third kappa shape index (κ3) is 7.90. The molecule has 10 heteroatoms. The molecule has 0 fully saturated rings. The zero-order chi connectivity index (χ0) is 30.9. The van der Waals surface area contributed by atoms with Gasteiger partial charge in [0.1, 0.15) is 25.9 Å². The van der Waals surface area contributed by atoms with Crippen molar-refractivity contribution < 1.29 is 33.6 Å². The normalized spacial score (nSPS) is 15.0. The van der Waals surface area contributed by atoms with E-state index < -0.39 is 30.8 Å². The molecule has 8 nitrogen and oxygen atoms in total. The van der Waals surface area contributed by atoms with Gasteiger partial charge in [0.05, 0.1) is 22.2 Å². The molecule has 0 amide bonds. The van der Waals surface area contributed by atoms with Gasteiger partial charge in [-0.2, -0.15) is 0 Å². The Bertz CT molecular complexity index is 1610. The monoisotopic (exact) mass is 633 g/mol. The van der Waals surface area contributed by atoms with Crippen LogP contribution in [0.1, 0.15) is 16.7 Å². The van der Waals surface area contributed by atoms with Crippen molar-refractivity contribution >= 4 is 46.5 Å². The molecular weight excluding hydrogens is 605 g/mol. The minimum absolute atomic E-state index is 0.0319. The van der Waals surface area contributed by atoms with E-state index in [2.05, 4.69) is 5.32 Å². The van der Waals surface area contributed by atoms with Crippen molar-refractivity contribution in [1.82, 2.24) is 0 Å². The van der Waals surface area contributed by atoms with Crippen molar-refractivity contribution in [2.75, 3.05) is 11.9 Å². The van der Waals surface area contributed by atoms with Crippen molar-refractivity contribution in [3.63, 3.8) is 0 Å². The molecule has 0 spiro atoms. The highest BCUT2D eigenvalue weighted by Gasteiger charge is 2.42. The Hall–Kier alpha value is -4.50. The van der Waals surface area contributed by atoms with Gasteiger partial charge in [0, 0.05) is 5.69 Å². The van der Waals surface area contributed by atoms with Crippen LogP contribution in [0.5, 0.6) is 0 Å². The van der Waals surface area contributed by atoms with Crippen LogP contribution in [0.4, 0.5) is 11.4 Å². The summed E-state index contributed by atoms with van der Waals surface area (Å²) in [6, 6.07) is 30.9. The summed E-state index contributed by atoms with van der Waals surface area (Å²) in [7, 11) is 0. The highest BCUT2D eigenvalue weighted by molar-refractivity contribution is 6.39. The number of ether oxygens (including phenoxy) is 4. The van der Waals surface area contributed by atoms with Gasteiger partial charge in [-0.15, -0.1) is 0 Å². The first-order chi connectivity index (χ1) is 21.4. The average Bonchev–Trinajstić information content (AvgIpc) is 3.36. The number of carbonyl (C=O) groups excluding carboxylic acids is 2. The zero-order valence-electron chi connectivity index (χ0n) is 23.5. The molecule has 0 aromatic heterocycles. The third-order valence-electron chi connectivity index (χ3n) is 6.70. The number of anilines is 2. The standard InChI is InChI=1S/C34H29Cl2NO7/c35-25-15-9-16-26(36)30(25)37-27-17-8-7-14-24(27)18-29(39)41-21-28(38)31-32(42-19-22-10-3-1-4-11-22)33(34(40)44-31)43-20-23-12-5-2-6-13-23/h1-17,28,31,37-38H,18-21H2/t28-,31-/m1/s1. The van der Waals surface area contributed by atoms with Crippen LogP contribution in [0.15, 0.2) is 115 Å². The van der Waals surface area contributed by atoms with E-state index in [1.165, 1.54) is 0 Å². The van der Waals surface area contributed by atoms with Gasteiger partial charge in [0.15, 0.2) is 11.9 Å². The molecule has 5 rings (SSSR count). The van der Waals surface area contributed by atoms with E-state index in [4.69, 9.17) is 42.1 Å². The Balaban J connectivity index is 1.25. The van der Waals surface area contributed by atoms with Crippen LogP contribution in [0.25, 0.3) is 0 Å². The molecule has 2 N–H and O–H groups in total. The number of nitrogens with one attached hydrogen (secondary N) is 1. The minimum Gasteiger partial charge on any atom is -0.485 e. The van der Waals surface area contributed by atoms with E-state index in [1.54, 1.807) is 42.5 Å². The van der Waals surface area contributed by atoms with Gasteiger partial charge in [-0.25, -0.2) is 4.79 Å². The Kier molecular flexibility index (Phi) is 10.4. The summed E-state index contributed by atoms with van der Waals surface area (Å²) in [4.78, 5) is 25.7. The number of hydrogen-bond acceptors (Lipinski definition) is 8. The van der Waals surface area contributed by atoms with Crippen molar-refractivity contribution in [3.05, 3.63) is 141 Å². The minimum atomic E-state index is -1.42. The van der Waals surface area contributed by atoms with Crippen LogP contribution >= 0.6 is 23.2 Å². The van der Waals surface area contributed by atoms with Crippen molar-refractivity contribution in [2.45, 2.75) is 31.8 Å². The number of carbonyl (C=O) groups is 2. The van der Waals surface area contributed by atoms with Crippen LogP contribution in [-0.2, 0) is 48.2 Å². The molecule has 0 saturated carbocycles. The topological polar surface area (TPSA) is 103 Å². The van der Waals surface area contributed by atoms with Gasteiger partial charge in [0.25, 0.3) is 0 Å². The molecule has 1 aliphatic heterocycles. The van der Waals surface area contributed by atoms with Gasteiger partial charge < -0.3 is 29.4 Å². The number of rotatable bonds is 13. The molecule has 4 aromatic rings. The second kappa shape index (κ2) is 14.8. The van der Waals surface area contributed by atoms with Gasteiger partial charge in [-0.1, -0.05) is 108 Å². The zero-order valence-corrected chi connectivity index (χ0v) is 25.0. The predicted octanol–water partition coefficient (Wildman–Crippen LogP) is 6.75. The first-order valence-corrected chi connectivity index (χ1v) is 14.6. The first-order valence-electron chi connectivity index (χ1n) is 13.8. The first kappa shape index (κ1) is 30.9. The summed E-state index contributed by atoms with van der Waals surface area (Å²) < 4.78 is 22.6. The van der Waals surface area contributed by atoms with Crippen LogP contribution in [-0.4, -0.2) is 35.9 Å². The molecule has 0 bridgehead atoms. The molecule has 0 aliphatic carbocycles. The van der Waals surface area contributed by atoms with Crippen molar-refractivity contribution in [3.8, 4) is 0 Å². The quantitative estimate of drug-likeness (QED) is 0.156. The number of para-hydroxylation sites is 2. The number of cyclic esters (lactones) is 1. The highest BCUT2D eigenvalue weighted by atomic mass is 35.5. The molecule has 0 saturated heterocycles. The predicted molar refractivity (Wildman–Crippen MR) is 166 cm³/mol. The lowest BCUT2D eigenvalue weighted by molar-refractivity contribution is -0.154. The highest BCUT2D eigenvalue weighted by Crippen LogP contribution is 2.34. The van der Waals surface area contributed by atoms with E-state index >= 15 is 0 Å². The maximum Gasteiger partial charge on any atom is 0.378 e. The summed E-state index contributed by atoms with van der Waals surface area (Å²) in [6.07, 6.45) is -2.76. The fourth-order valence-corrected chi connectivity index (χ4v) is 4.96. The van der Waals surface area contributed by atoms with Crippen LogP contribution in [0.2, 0.25) is 10.0 Å². The lowest BCUT2D eigenvalue weighted by Gasteiger charge is -2.20. The molecule has 226 valence electrons. The second-order valence-electron chi connectivity index (χ2n) is 9.87. The molecule has 4 aromatic carbocycles. The number of benzene rings is 4. The molecule has 2 atom stereocenters. The Morgan fingerprint density at radius 2 is 1.41 bits per heavy atom. The average molecular weight is 635 g/mol. The van der Waals surface area contributed by atoms with Crippen LogP contribution < -0.4 is 5.32 Å². The van der Waals surface area contributed by atoms with E-state index in [9.17, 15) is 14.7 Å². The summed E-state index contributed by atoms with van der Waals surface area (Å²) >= 11 is 12.6. The lowest BCUT2D eigenvalue weighted by Crippen LogP contribution is -2.34. The number of aliphatic hydroxyl groups excluding tert-OH is 1. The fraction of sp³-hybridized carbons (Fsp3) is 0.176. The van der Waals surface area contributed by atoms with E-state index in [1.807, 2.05) is 60.7 Å². The molecule has 44 heavy (non-hydrogen) atoms. The summed E-state index contributed by atoms with van der Waals surface area (Å²) in [5, 5.41) is 15.0. The summed E-state index contributed by atoms with van der Waals surface area (Å²) in [5.74, 6) is -1.50. The largest absolute Gasteiger partial charge is 0.485 e. The Morgan fingerprint density at radius 1 is 0.818 bits per heavy atom. The lowest BCUT2D eigenvalue weighted by atomic mass is 10.1. The van der Waals surface area contributed by atoms with Crippen LogP contribution in [0.3, 0.4) is 0 Å². The van der Waals surface area contributed by atoms with E-state index in [-0.39, 0.29) is 31.2 Å². The van der Waals surface area contributed by atoms with Crippen LogP contribution in [0, 0.1) is 0 Å². The summed E-state index contributed by atoms with van der Waals surface area (Å²) in [5.41, 5.74) is 3.42. The summed E-state index contributed by atoms with van der Waals surface area (Å²) in [6.45, 7) is -0.256. The molecule has 1 heterocycles. The number of hydrogen-bond donors (Lipinski definition) is 2. The Morgan fingerprint density at radius 3 is 2.07 bits per heavy atom.